The first-order chi connectivity index (χ1) is 26.8. The number of alkyl halides is 3. The Balaban J connectivity index is 1.33. The first-order valence-electron chi connectivity index (χ1n) is 17.7. The maximum absolute atomic E-state index is 13.4. The van der Waals surface area contributed by atoms with Crippen LogP contribution in [0, 0.1) is 0 Å². The van der Waals surface area contributed by atoms with Crippen LogP contribution in [0.2, 0.25) is 0 Å². The zero-order valence-corrected chi connectivity index (χ0v) is 31.1. The van der Waals surface area contributed by atoms with Gasteiger partial charge >= 0.3 is 12.1 Å². The lowest BCUT2D eigenvalue weighted by atomic mass is 9.80. The van der Waals surface area contributed by atoms with Crippen LogP contribution in [-0.2, 0) is 26.3 Å². The second-order valence-electron chi connectivity index (χ2n) is 13.3. The van der Waals surface area contributed by atoms with Gasteiger partial charge in [-0.1, -0.05) is 54.6 Å². The van der Waals surface area contributed by atoms with Gasteiger partial charge in [0.15, 0.2) is 11.9 Å². The molecule has 3 N–H and O–H groups in total. The number of methoxy groups -OCH3 is 2. The third-order valence-electron chi connectivity index (χ3n) is 9.28. The highest BCUT2D eigenvalue weighted by molar-refractivity contribution is 5.81. The Morgan fingerprint density at radius 2 is 1.62 bits per heavy atom. The summed E-state index contributed by atoms with van der Waals surface area (Å²) >= 11 is 0. The molecular formula is C39H42F3N7O7. The van der Waals surface area contributed by atoms with Crippen molar-refractivity contribution in [3.05, 3.63) is 112 Å². The van der Waals surface area contributed by atoms with Crippen LogP contribution in [0.5, 0.6) is 11.5 Å². The van der Waals surface area contributed by atoms with E-state index in [0.29, 0.717) is 11.5 Å². The van der Waals surface area contributed by atoms with Crippen LogP contribution < -0.4 is 20.3 Å². The molecule has 0 radical (unpaired) electrons. The van der Waals surface area contributed by atoms with Gasteiger partial charge in [0.25, 0.3) is 5.56 Å². The fourth-order valence-electron chi connectivity index (χ4n) is 6.56. The minimum atomic E-state index is -5.02. The van der Waals surface area contributed by atoms with Crippen LogP contribution in [0.1, 0.15) is 41.5 Å². The Morgan fingerprint density at radius 1 is 1.02 bits per heavy atom. The zero-order valence-electron chi connectivity index (χ0n) is 31.1. The van der Waals surface area contributed by atoms with E-state index in [0.717, 1.165) is 16.7 Å². The van der Waals surface area contributed by atoms with E-state index in [9.17, 15) is 27.9 Å². The molecule has 0 saturated carbocycles. The second kappa shape index (κ2) is 16.9. The predicted molar refractivity (Wildman–Crippen MR) is 200 cm³/mol. The number of benzene rings is 3. The number of aliphatic imine (C=N–C) groups is 1. The Morgan fingerprint density at radius 3 is 2.20 bits per heavy atom. The molecule has 1 amide bonds. The molecule has 3 aromatic carbocycles. The lowest BCUT2D eigenvalue weighted by molar-refractivity contribution is -0.173. The smallest absolute Gasteiger partial charge is 0.471 e. The number of aromatic amines is 1. The van der Waals surface area contributed by atoms with Crippen molar-refractivity contribution in [2.75, 3.05) is 41.5 Å². The highest BCUT2D eigenvalue weighted by atomic mass is 19.4. The van der Waals surface area contributed by atoms with Gasteiger partial charge in [-0.2, -0.15) is 23.3 Å². The third-order valence-corrected chi connectivity index (χ3v) is 9.28. The summed E-state index contributed by atoms with van der Waals surface area (Å²) in [5.41, 5.74) is 0.918. The maximum Gasteiger partial charge on any atom is 0.471 e. The van der Waals surface area contributed by atoms with E-state index in [-0.39, 0.29) is 55.1 Å². The molecule has 14 nitrogen and oxygen atoms in total. The molecule has 2 aromatic heterocycles. The van der Waals surface area contributed by atoms with Crippen molar-refractivity contribution in [2.24, 2.45) is 4.99 Å². The number of aryl methyl sites for hydroxylation is 1. The van der Waals surface area contributed by atoms with E-state index in [1.54, 1.807) is 33.2 Å². The summed E-state index contributed by atoms with van der Waals surface area (Å²) in [6.45, 7) is -0.408. The molecule has 1 fully saturated rings. The predicted octanol–water partition coefficient (Wildman–Crippen LogP) is 4.63. The van der Waals surface area contributed by atoms with Crippen molar-refractivity contribution in [3.8, 4) is 11.5 Å². The zero-order chi connectivity index (χ0) is 40.0. The Bertz CT molecular complexity index is 2140. The van der Waals surface area contributed by atoms with Gasteiger partial charge in [0, 0.05) is 27.1 Å². The number of nitrogens with one attached hydrogen (secondary N) is 2. The van der Waals surface area contributed by atoms with Gasteiger partial charge in [-0.25, -0.2) is 9.67 Å². The topological polar surface area (TPSA) is 165 Å². The largest absolute Gasteiger partial charge is 0.497 e. The average Bonchev–Trinajstić information content (AvgIpc) is 3.76. The molecule has 0 spiro atoms. The van der Waals surface area contributed by atoms with Gasteiger partial charge in [0.1, 0.15) is 28.6 Å². The summed E-state index contributed by atoms with van der Waals surface area (Å²) in [7, 11) is 6.65. The normalized spacial score (nSPS) is 17.4. The summed E-state index contributed by atoms with van der Waals surface area (Å²) in [5, 5.41) is 18.0. The Labute approximate surface area is 319 Å². The number of H-pyrrole nitrogens is 1. The number of aromatic nitrogens is 4. The molecule has 6 rings (SSSR count). The van der Waals surface area contributed by atoms with Crippen LogP contribution in [0.25, 0.3) is 11.0 Å². The third kappa shape index (κ3) is 8.54. The number of carbonyl (C=O) groups is 1. The number of aliphatic hydroxyl groups excluding tert-OH is 1. The summed E-state index contributed by atoms with van der Waals surface area (Å²) in [5.74, 6) is -0.774. The second-order valence-corrected chi connectivity index (χ2v) is 13.3. The number of amides is 1. The summed E-state index contributed by atoms with van der Waals surface area (Å²) in [6.07, 6.45) is -6.32. The Hall–Kier alpha value is -5.78. The van der Waals surface area contributed by atoms with Gasteiger partial charge in [-0.15, -0.1) is 0 Å². The van der Waals surface area contributed by atoms with Gasteiger partial charge in [-0.3, -0.25) is 14.6 Å². The molecule has 5 aromatic rings. The van der Waals surface area contributed by atoms with E-state index in [4.69, 9.17) is 18.9 Å². The molecule has 1 aliphatic rings. The fourth-order valence-corrected chi connectivity index (χ4v) is 6.56. The van der Waals surface area contributed by atoms with Crippen LogP contribution in [-0.4, -0.2) is 102 Å². The summed E-state index contributed by atoms with van der Waals surface area (Å²) < 4.78 is 63.9. The minimum absolute atomic E-state index is 0.0219. The van der Waals surface area contributed by atoms with Crippen molar-refractivity contribution in [1.82, 2.24) is 30.0 Å². The molecule has 1 saturated heterocycles. The molecule has 3 atom stereocenters. The van der Waals surface area contributed by atoms with Gasteiger partial charge in [0.2, 0.25) is 5.95 Å². The maximum atomic E-state index is 13.4. The fraction of sp³-hybridized carbons (Fsp3) is 0.359. The van der Waals surface area contributed by atoms with Crippen LogP contribution >= 0.6 is 0 Å². The van der Waals surface area contributed by atoms with Gasteiger partial charge in [-0.05, 0) is 53.8 Å². The molecule has 0 bridgehead atoms. The van der Waals surface area contributed by atoms with Crippen molar-refractivity contribution in [2.45, 2.75) is 49.5 Å². The number of nitrogens with zero attached hydrogens (tertiary/aromatic N) is 5. The number of fused-ring (bicyclic) bond motifs is 1. The number of hydrogen-bond acceptors (Lipinski definition) is 10. The molecule has 17 heteroatoms. The standard InChI is InChI=1S/C39H42F3N7O7/c1-48(2)23-44-37-45-34-33(35(51)46-37)29(11-8-20-43-36(52)39(40,41)42)47-49(34)32-21-30(50)31(56-32)22-55-38(24-9-6-5-7-10-24,25-12-16-27(53-3)17-13-25)26-14-18-28(54-4)19-15-26/h5-7,9-10,12-19,23,30-32,50H,8,11,20-22H2,1-4H3,(H,43,52)(H,45,46,51)/t30-,31-,32-/m1/s1. The highest BCUT2D eigenvalue weighted by Crippen LogP contribution is 2.43. The first kappa shape index (κ1) is 39.9. The molecule has 56 heavy (non-hydrogen) atoms. The monoisotopic (exact) mass is 777 g/mol. The number of rotatable bonds is 15. The summed E-state index contributed by atoms with van der Waals surface area (Å²) in [4.78, 5) is 37.8. The van der Waals surface area contributed by atoms with Gasteiger partial charge in [0.05, 0.1) is 39.0 Å². The molecule has 1 aliphatic heterocycles. The van der Waals surface area contributed by atoms with E-state index in [1.165, 1.54) is 11.0 Å². The van der Waals surface area contributed by atoms with Crippen LogP contribution in [0.4, 0.5) is 19.1 Å². The van der Waals surface area contributed by atoms with Crippen molar-refractivity contribution < 1.29 is 42.0 Å². The van der Waals surface area contributed by atoms with Crippen molar-refractivity contribution >= 4 is 29.2 Å². The van der Waals surface area contributed by atoms with Crippen LogP contribution in [0.15, 0.2) is 88.6 Å². The van der Waals surface area contributed by atoms with E-state index in [2.05, 4.69) is 20.1 Å². The van der Waals surface area contributed by atoms with Gasteiger partial charge < -0.3 is 34.3 Å². The Kier molecular flexibility index (Phi) is 12.1. The van der Waals surface area contributed by atoms with E-state index >= 15 is 0 Å². The average molecular weight is 778 g/mol. The number of aliphatic hydroxyl groups is 1. The molecule has 0 aliphatic carbocycles. The minimum Gasteiger partial charge on any atom is -0.497 e. The molecule has 0 unspecified atom stereocenters. The number of ether oxygens (including phenoxy) is 4. The lowest BCUT2D eigenvalue weighted by Crippen LogP contribution is -2.38. The highest BCUT2D eigenvalue weighted by Gasteiger charge is 2.43. The van der Waals surface area contributed by atoms with Crippen LogP contribution in [0.3, 0.4) is 0 Å². The van der Waals surface area contributed by atoms with Crippen molar-refractivity contribution in [3.63, 3.8) is 0 Å². The summed E-state index contributed by atoms with van der Waals surface area (Å²) in [6, 6.07) is 24.6. The van der Waals surface area contributed by atoms with Crippen molar-refractivity contribution in [1.29, 1.82) is 0 Å². The lowest BCUT2D eigenvalue weighted by Gasteiger charge is -2.37. The number of hydrogen-bond donors (Lipinski definition) is 3. The molecular weight excluding hydrogens is 735 g/mol. The van der Waals surface area contributed by atoms with E-state index < -0.39 is 41.7 Å². The first-order valence-corrected chi connectivity index (χ1v) is 17.7. The number of carbonyl (C=O) groups excluding carboxylic acids is 1. The molecule has 3 heterocycles. The van der Waals surface area contributed by atoms with E-state index in [1.807, 2.05) is 84.2 Å². The quantitative estimate of drug-likeness (QED) is 0.0591. The SMILES string of the molecule is COc1ccc(C(OC[C@H]2O[C@@H](n3nc(CCCNC(=O)C(F)(F)F)c4c(=O)[nH]c(N=CN(C)C)nc43)C[C@H]2O)(c2ccccc2)c2ccc(OC)cc2)cc1. The molecule has 296 valence electrons. The number of halogens is 3.